The Hall–Kier alpha value is -2.63. The fourth-order valence-electron chi connectivity index (χ4n) is 3.56. The van der Waals surface area contributed by atoms with Crippen LogP contribution in [0.4, 0.5) is 11.6 Å². The highest BCUT2D eigenvalue weighted by Gasteiger charge is 2.18. The molecule has 6 nitrogen and oxygen atoms in total. The molecule has 1 fully saturated rings. The molecule has 0 radical (unpaired) electrons. The van der Waals surface area contributed by atoms with Crippen LogP contribution in [0, 0.1) is 0 Å². The molecule has 0 saturated carbocycles. The Morgan fingerprint density at radius 3 is 2.64 bits per heavy atom. The van der Waals surface area contributed by atoms with Crippen LogP contribution in [0.25, 0.3) is 0 Å². The summed E-state index contributed by atoms with van der Waals surface area (Å²) in [4.78, 5) is 25.4. The predicted molar refractivity (Wildman–Crippen MR) is 98.2 cm³/mol. The van der Waals surface area contributed by atoms with E-state index in [2.05, 4.69) is 49.4 Å². The highest BCUT2D eigenvalue weighted by atomic mass is 16.1. The van der Waals surface area contributed by atoms with E-state index >= 15 is 0 Å². The van der Waals surface area contributed by atoms with Crippen molar-refractivity contribution in [1.82, 2.24) is 15.3 Å². The summed E-state index contributed by atoms with van der Waals surface area (Å²) in [7, 11) is 0. The van der Waals surface area contributed by atoms with E-state index in [4.69, 9.17) is 0 Å². The molecule has 1 N–H and O–H groups in total. The summed E-state index contributed by atoms with van der Waals surface area (Å²) in [5, 5.41) is 2.97. The van der Waals surface area contributed by atoms with Gasteiger partial charge in [-0.3, -0.25) is 4.79 Å². The van der Waals surface area contributed by atoms with Gasteiger partial charge in [0, 0.05) is 50.8 Å². The van der Waals surface area contributed by atoms with E-state index < -0.39 is 0 Å². The Kier molecular flexibility index (Phi) is 4.50. The van der Waals surface area contributed by atoms with Crippen molar-refractivity contribution in [3.05, 3.63) is 47.8 Å². The van der Waals surface area contributed by atoms with Gasteiger partial charge < -0.3 is 15.1 Å². The Morgan fingerprint density at radius 1 is 1.08 bits per heavy atom. The number of carbonyl (C=O) groups is 1. The minimum absolute atomic E-state index is 0.111. The van der Waals surface area contributed by atoms with Crippen LogP contribution in [-0.2, 0) is 6.42 Å². The average Bonchev–Trinajstić information content (AvgIpc) is 3.32. The molecular formula is C19H23N5O. The number of nitrogens with one attached hydrogen (secondary N) is 1. The van der Waals surface area contributed by atoms with Gasteiger partial charge in [-0.1, -0.05) is 18.2 Å². The van der Waals surface area contributed by atoms with Crippen LogP contribution in [0.1, 0.15) is 28.8 Å². The van der Waals surface area contributed by atoms with Crippen LogP contribution in [-0.4, -0.2) is 48.6 Å². The van der Waals surface area contributed by atoms with E-state index in [1.54, 1.807) is 12.4 Å². The summed E-state index contributed by atoms with van der Waals surface area (Å²) < 4.78 is 0. The van der Waals surface area contributed by atoms with Crippen LogP contribution >= 0.6 is 0 Å². The Morgan fingerprint density at radius 2 is 1.84 bits per heavy atom. The summed E-state index contributed by atoms with van der Waals surface area (Å²) >= 11 is 0. The third-order valence-corrected chi connectivity index (χ3v) is 4.94. The van der Waals surface area contributed by atoms with Crippen LogP contribution < -0.4 is 15.1 Å². The number of para-hydroxylation sites is 1. The maximum atomic E-state index is 12.3. The maximum absolute atomic E-state index is 12.3. The lowest BCUT2D eigenvalue weighted by atomic mass is 10.2. The van der Waals surface area contributed by atoms with E-state index in [0.717, 1.165) is 38.5 Å². The van der Waals surface area contributed by atoms with Gasteiger partial charge in [-0.15, -0.1) is 0 Å². The van der Waals surface area contributed by atoms with E-state index in [-0.39, 0.29) is 5.91 Å². The van der Waals surface area contributed by atoms with Crippen molar-refractivity contribution in [3.63, 3.8) is 0 Å². The molecule has 2 aliphatic heterocycles. The zero-order valence-electron chi connectivity index (χ0n) is 14.3. The number of rotatable bonds is 5. The van der Waals surface area contributed by atoms with Crippen molar-refractivity contribution >= 4 is 17.5 Å². The van der Waals surface area contributed by atoms with Crippen molar-refractivity contribution in [2.75, 3.05) is 42.5 Å². The normalized spacial score (nSPS) is 16.2. The monoisotopic (exact) mass is 337 g/mol. The number of carbonyl (C=O) groups excluding carboxylic acids is 1. The summed E-state index contributed by atoms with van der Waals surface area (Å²) in [5.41, 5.74) is 3.19. The molecule has 0 atom stereocenters. The van der Waals surface area contributed by atoms with Crippen LogP contribution in [0.2, 0.25) is 0 Å². The van der Waals surface area contributed by atoms with Gasteiger partial charge in [0.25, 0.3) is 5.91 Å². The number of fused-ring (bicyclic) bond motifs is 1. The lowest BCUT2D eigenvalue weighted by Crippen LogP contribution is -2.34. The van der Waals surface area contributed by atoms with Gasteiger partial charge in [0.05, 0.1) is 5.56 Å². The minimum atomic E-state index is -0.111. The van der Waals surface area contributed by atoms with E-state index in [9.17, 15) is 4.79 Å². The number of amides is 1. The number of hydrogen-bond acceptors (Lipinski definition) is 5. The summed E-state index contributed by atoms with van der Waals surface area (Å²) in [6.07, 6.45) is 6.70. The van der Waals surface area contributed by atoms with Crippen molar-refractivity contribution in [2.45, 2.75) is 19.3 Å². The van der Waals surface area contributed by atoms with Gasteiger partial charge in [-0.05, 0) is 30.9 Å². The highest BCUT2D eigenvalue weighted by Crippen LogP contribution is 2.26. The minimum Gasteiger partial charge on any atom is -0.369 e. The SMILES string of the molecule is O=C(NCCN1CCc2ccccc21)c1cnc(N2CCCC2)nc1. The lowest BCUT2D eigenvalue weighted by Gasteiger charge is -2.19. The second kappa shape index (κ2) is 7.09. The number of aromatic nitrogens is 2. The van der Waals surface area contributed by atoms with Crippen LogP contribution in [0.15, 0.2) is 36.7 Å². The molecule has 0 unspecified atom stereocenters. The number of anilines is 2. The summed E-state index contributed by atoms with van der Waals surface area (Å²) in [6.45, 7) is 4.45. The second-order valence-electron chi connectivity index (χ2n) is 6.59. The van der Waals surface area contributed by atoms with Gasteiger partial charge in [0.15, 0.2) is 0 Å². The Balaban J connectivity index is 1.29. The van der Waals surface area contributed by atoms with Crippen molar-refractivity contribution < 1.29 is 4.79 Å². The smallest absolute Gasteiger partial charge is 0.254 e. The fraction of sp³-hybridized carbons (Fsp3) is 0.421. The second-order valence-corrected chi connectivity index (χ2v) is 6.59. The van der Waals surface area contributed by atoms with Gasteiger partial charge in [-0.2, -0.15) is 0 Å². The molecule has 6 heteroatoms. The first-order valence-electron chi connectivity index (χ1n) is 8.99. The standard InChI is InChI=1S/C19H23N5O/c25-18(16-13-21-19(22-14-16)24-9-3-4-10-24)20-8-12-23-11-7-15-5-1-2-6-17(15)23/h1-2,5-6,13-14H,3-4,7-12H2,(H,20,25). The summed E-state index contributed by atoms with van der Waals surface area (Å²) in [6, 6.07) is 8.47. The van der Waals surface area contributed by atoms with Gasteiger partial charge in [-0.25, -0.2) is 9.97 Å². The molecule has 1 aromatic carbocycles. The molecule has 1 aromatic heterocycles. The van der Waals surface area contributed by atoms with Crippen molar-refractivity contribution in [3.8, 4) is 0 Å². The molecular weight excluding hydrogens is 314 g/mol. The first-order valence-corrected chi connectivity index (χ1v) is 8.99. The average molecular weight is 337 g/mol. The Bertz CT molecular complexity index is 740. The molecule has 0 spiro atoms. The maximum Gasteiger partial charge on any atom is 0.254 e. The first kappa shape index (κ1) is 15.9. The molecule has 1 amide bonds. The molecule has 1 saturated heterocycles. The number of benzene rings is 1. The van der Waals surface area contributed by atoms with Gasteiger partial charge in [0.1, 0.15) is 0 Å². The van der Waals surface area contributed by atoms with Crippen molar-refractivity contribution in [2.24, 2.45) is 0 Å². The molecule has 0 aliphatic carbocycles. The molecule has 0 bridgehead atoms. The third kappa shape index (κ3) is 3.43. The quantitative estimate of drug-likeness (QED) is 0.902. The van der Waals surface area contributed by atoms with Gasteiger partial charge in [0.2, 0.25) is 5.95 Å². The van der Waals surface area contributed by atoms with Crippen LogP contribution in [0.3, 0.4) is 0 Å². The Labute approximate surface area is 147 Å². The molecule has 2 aromatic rings. The topological polar surface area (TPSA) is 61.4 Å². The third-order valence-electron chi connectivity index (χ3n) is 4.94. The largest absolute Gasteiger partial charge is 0.369 e. The predicted octanol–water partition coefficient (Wildman–Crippen LogP) is 1.87. The van der Waals surface area contributed by atoms with Gasteiger partial charge >= 0.3 is 0 Å². The van der Waals surface area contributed by atoms with Crippen LogP contribution in [0.5, 0.6) is 0 Å². The van der Waals surface area contributed by atoms with E-state index in [1.807, 2.05) is 0 Å². The van der Waals surface area contributed by atoms with E-state index in [0.29, 0.717) is 12.1 Å². The molecule has 130 valence electrons. The molecule has 2 aliphatic rings. The number of nitrogens with zero attached hydrogens (tertiary/aromatic N) is 4. The molecule has 25 heavy (non-hydrogen) atoms. The summed E-state index contributed by atoms with van der Waals surface area (Å²) in [5.74, 6) is 0.614. The van der Waals surface area contributed by atoms with Crippen molar-refractivity contribution in [1.29, 1.82) is 0 Å². The zero-order chi connectivity index (χ0) is 17.1. The number of hydrogen-bond donors (Lipinski definition) is 1. The molecule has 4 rings (SSSR count). The first-order chi connectivity index (χ1) is 12.3. The van der Waals surface area contributed by atoms with E-state index in [1.165, 1.54) is 24.1 Å². The highest BCUT2D eigenvalue weighted by molar-refractivity contribution is 5.93. The molecule has 3 heterocycles. The zero-order valence-corrected chi connectivity index (χ0v) is 14.3. The fourth-order valence-corrected chi connectivity index (χ4v) is 3.56. The lowest BCUT2D eigenvalue weighted by molar-refractivity contribution is 0.0954.